The van der Waals surface area contributed by atoms with Gasteiger partial charge < -0.3 is 4.57 Å². The maximum absolute atomic E-state index is 6.56. The predicted octanol–water partition coefficient (Wildman–Crippen LogP) is 11.8. The molecule has 206 valence electrons. The topological polar surface area (TPSA) is 30.7 Å². The van der Waals surface area contributed by atoms with E-state index in [1.54, 1.807) is 11.3 Å². The summed E-state index contributed by atoms with van der Waals surface area (Å²) >= 11 is 10.2. The average Bonchev–Trinajstić information content (AvgIpc) is 3.75. The maximum atomic E-state index is 6.56. The zero-order valence-corrected chi connectivity index (χ0v) is 25.5. The van der Waals surface area contributed by atoms with Crippen LogP contribution in [0.4, 0.5) is 0 Å². The lowest BCUT2D eigenvalue weighted by molar-refractivity contribution is 1.18. The number of hydrogen-bond donors (Lipinski definition) is 0. The second-order valence-electron chi connectivity index (χ2n) is 11.1. The molecule has 0 aliphatic rings. The number of halogens is 1. The molecule has 10 rings (SSSR count). The number of thiophene rings is 2. The average molecular weight is 618 g/mol. The highest BCUT2D eigenvalue weighted by molar-refractivity contribution is 7.27. The van der Waals surface area contributed by atoms with Crippen LogP contribution in [0.5, 0.6) is 0 Å². The molecule has 0 unspecified atom stereocenters. The standard InChI is InChI=1S/C38H20ClN3S2/c39-38-40-33(37-34(41-38)27-16-5-8-19-30(27)44-37)21-10-9-11-22(20-21)42-28-17-6-3-14-25(28)31-23-12-1-2-13-24(23)32-26-15-4-7-18-29(26)43-36(32)35(31)42/h1-20H. The van der Waals surface area contributed by atoms with Gasteiger partial charge in [0.15, 0.2) is 0 Å². The Kier molecular flexibility index (Phi) is 5.09. The van der Waals surface area contributed by atoms with E-state index in [-0.39, 0.29) is 5.28 Å². The molecule has 0 aliphatic heterocycles. The lowest BCUT2D eigenvalue weighted by atomic mass is 9.99. The van der Waals surface area contributed by atoms with Crippen LogP contribution in [0, 0.1) is 0 Å². The Morgan fingerprint density at radius 1 is 0.545 bits per heavy atom. The number of para-hydroxylation sites is 1. The summed E-state index contributed by atoms with van der Waals surface area (Å²) in [7, 11) is 0. The molecule has 0 spiro atoms. The van der Waals surface area contributed by atoms with Gasteiger partial charge in [-0.05, 0) is 52.7 Å². The zero-order valence-electron chi connectivity index (χ0n) is 23.1. The van der Waals surface area contributed by atoms with Crippen LogP contribution in [0.15, 0.2) is 121 Å². The molecule has 0 saturated heterocycles. The third kappa shape index (κ3) is 3.32. The maximum Gasteiger partial charge on any atom is 0.223 e. The van der Waals surface area contributed by atoms with Crippen molar-refractivity contribution < 1.29 is 0 Å². The highest BCUT2D eigenvalue weighted by Crippen LogP contribution is 2.48. The zero-order chi connectivity index (χ0) is 28.9. The fourth-order valence-electron chi connectivity index (χ4n) is 6.95. The Morgan fingerprint density at radius 2 is 1.18 bits per heavy atom. The van der Waals surface area contributed by atoms with Crippen molar-refractivity contribution in [3.05, 3.63) is 127 Å². The summed E-state index contributed by atoms with van der Waals surface area (Å²) in [6, 6.07) is 43.5. The number of fused-ring (bicyclic) bond motifs is 13. The van der Waals surface area contributed by atoms with E-state index < -0.39 is 0 Å². The molecule has 0 bridgehead atoms. The van der Waals surface area contributed by atoms with Gasteiger partial charge >= 0.3 is 0 Å². The molecule has 0 N–H and O–H groups in total. The monoisotopic (exact) mass is 617 g/mol. The Labute approximate surface area is 264 Å². The molecule has 10 aromatic rings. The summed E-state index contributed by atoms with van der Waals surface area (Å²) in [6.07, 6.45) is 0. The predicted molar refractivity (Wildman–Crippen MR) is 190 cm³/mol. The summed E-state index contributed by atoms with van der Waals surface area (Å²) in [5.41, 5.74) is 6.30. The normalized spacial score (nSPS) is 12.2. The van der Waals surface area contributed by atoms with Crippen molar-refractivity contribution in [2.75, 3.05) is 0 Å². The van der Waals surface area contributed by atoms with Gasteiger partial charge in [-0.15, -0.1) is 22.7 Å². The third-order valence-electron chi connectivity index (χ3n) is 8.72. The van der Waals surface area contributed by atoms with Crippen molar-refractivity contribution in [2.24, 2.45) is 0 Å². The number of rotatable bonds is 2. The molecule has 0 radical (unpaired) electrons. The fraction of sp³-hybridized carbons (Fsp3) is 0. The van der Waals surface area contributed by atoms with Crippen LogP contribution in [-0.4, -0.2) is 14.5 Å². The lowest BCUT2D eigenvalue weighted by Crippen LogP contribution is -1.96. The largest absolute Gasteiger partial charge is 0.308 e. The van der Waals surface area contributed by atoms with Gasteiger partial charge in [-0.2, -0.15) is 0 Å². The molecule has 6 heteroatoms. The van der Waals surface area contributed by atoms with E-state index in [4.69, 9.17) is 16.6 Å². The molecule has 44 heavy (non-hydrogen) atoms. The van der Waals surface area contributed by atoms with Crippen LogP contribution in [0.25, 0.3) is 90.0 Å². The Hall–Kier alpha value is -4.81. The number of aromatic nitrogens is 3. The molecule has 4 aromatic heterocycles. The van der Waals surface area contributed by atoms with Crippen LogP contribution in [0.2, 0.25) is 5.28 Å². The van der Waals surface area contributed by atoms with Crippen LogP contribution in [0.3, 0.4) is 0 Å². The second kappa shape index (κ2) is 9.10. The molecule has 0 amide bonds. The van der Waals surface area contributed by atoms with Gasteiger partial charge in [0.25, 0.3) is 0 Å². The van der Waals surface area contributed by atoms with Crippen LogP contribution < -0.4 is 0 Å². The number of nitrogens with zero attached hydrogens (tertiary/aromatic N) is 3. The van der Waals surface area contributed by atoms with Gasteiger partial charge in [-0.25, -0.2) is 9.97 Å². The van der Waals surface area contributed by atoms with Gasteiger partial charge in [-0.1, -0.05) is 91.0 Å². The number of benzene rings is 6. The SMILES string of the molecule is Clc1nc(-c2cccc(-n3c4ccccc4c4c5ccccc5c5c6ccccc6sc5c43)c2)c2sc3ccccc3c2n1. The first-order valence-corrected chi connectivity index (χ1v) is 16.5. The van der Waals surface area contributed by atoms with E-state index in [1.165, 1.54) is 57.5 Å². The minimum absolute atomic E-state index is 0.261. The van der Waals surface area contributed by atoms with E-state index in [0.29, 0.717) is 0 Å². The van der Waals surface area contributed by atoms with E-state index in [9.17, 15) is 0 Å². The minimum Gasteiger partial charge on any atom is -0.308 e. The summed E-state index contributed by atoms with van der Waals surface area (Å²) in [5, 5.41) is 9.11. The van der Waals surface area contributed by atoms with Gasteiger partial charge in [0.2, 0.25) is 5.28 Å². The Morgan fingerprint density at radius 3 is 2.00 bits per heavy atom. The highest BCUT2D eigenvalue weighted by atomic mass is 35.5. The summed E-state index contributed by atoms with van der Waals surface area (Å²) < 4.78 is 7.28. The van der Waals surface area contributed by atoms with Crippen LogP contribution >= 0.6 is 34.3 Å². The third-order valence-corrected chi connectivity index (χ3v) is 11.2. The molecule has 4 heterocycles. The van der Waals surface area contributed by atoms with Crippen molar-refractivity contribution in [3.8, 4) is 16.9 Å². The first-order chi connectivity index (χ1) is 21.7. The summed E-state index contributed by atoms with van der Waals surface area (Å²) in [4.78, 5) is 9.44. The van der Waals surface area contributed by atoms with Crippen molar-refractivity contribution >= 4 is 107 Å². The Bertz CT molecular complexity index is 2800. The quantitative estimate of drug-likeness (QED) is 0.181. The molecule has 0 fully saturated rings. The van der Waals surface area contributed by atoms with E-state index in [1.807, 2.05) is 17.4 Å². The van der Waals surface area contributed by atoms with Crippen molar-refractivity contribution in [3.63, 3.8) is 0 Å². The van der Waals surface area contributed by atoms with Gasteiger partial charge in [-0.3, -0.25) is 0 Å². The molecule has 6 aromatic carbocycles. The fourth-order valence-corrected chi connectivity index (χ4v) is 9.53. The molecule has 0 saturated carbocycles. The summed E-state index contributed by atoms with van der Waals surface area (Å²) in [5.74, 6) is 0. The molecule has 0 aliphatic carbocycles. The lowest BCUT2D eigenvalue weighted by Gasteiger charge is -2.12. The van der Waals surface area contributed by atoms with E-state index in [0.717, 1.165) is 32.5 Å². The molecular weight excluding hydrogens is 598 g/mol. The van der Waals surface area contributed by atoms with Gasteiger partial charge in [0, 0.05) is 47.6 Å². The van der Waals surface area contributed by atoms with Gasteiger partial charge in [0.05, 0.1) is 31.6 Å². The van der Waals surface area contributed by atoms with Crippen molar-refractivity contribution in [2.45, 2.75) is 0 Å². The first kappa shape index (κ1) is 24.6. The van der Waals surface area contributed by atoms with Crippen molar-refractivity contribution in [1.29, 1.82) is 0 Å². The minimum atomic E-state index is 0.261. The highest BCUT2D eigenvalue weighted by Gasteiger charge is 2.22. The molecular formula is C38H20ClN3S2. The van der Waals surface area contributed by atoms with E-state index in [2.05, 4.69) is 125 Å². The smallest absolute Gasteiger partial charge is 0.223 e. The number of hydrogen-bond acceptors (Lipinski definition) is 4. The Balaban J connectivity index is 1.35. The van der Waals surface area contributed by atoms with E-state index >= 15 is 0 Å². The van der Waals surface area contributed by atoms with Crippen LogP contribution in [-0.2, 0) is 0 Å². The van der Waals surface area contributed by atoms with Crippen molar-refractivity contribution in [1.82, 2.24) is 14.5 Å². The first-order valence-electron chi connectivity index (χ1n) is 14.5. The second-order valence-corrected chi connectivity index (χ2v) is 13.5. The molecule has 0 atom stereocenters. The van der Waals surface area contributed by atoms with Crippen LogP contribution in [0.1, 0.15) is 0 Å². The van der Waals surface area contributed by atoms with Gasteiger partial charge in [0.1, 0.15) is 0 Å². The molecule has 3 nitrogen and oxygen atoms in total. The summed E-state index contributed by atoms with van der Waals surface area (Å²) in [6.45, 7) is 0.